The van der Waals surface area contributed by atoms with Gasteiger partial charge in [-0.15, -0.1) is 11.8 Å². The fourth-order valence-electron chi connectivity index (χ4n) is 1.81. The summed E-state index contributed by atoms with van der Waals surface area (Å²) in [5.74, 6) is 0.433. The van der Waals surface area contributed by atoms with Crippen molar-refractivity contribution < 1.29 is 4.39 Å². The largest absolute Gasteiger partial charge is 0.327 e. The van der Waals surface area contributed by atoms with Crippen LogP contribution >= 0.6 is 35.0 Å². The second kappa shape index (κ2) is 7.32. The van der Waals surface area contributed by atoms with Crippen molar-refractivity contribution in [2.45, 2.75) is 17.4 Å². The molecule has 0 saturated carbocycles. The molecule has 0 radical (unpaired) electrons. The zero-order valence-corrected chi connectivity index (χ0v) is 13.0. The quantitative estimate of drug-likeness (QED) is 0.798. The van der Waals surface area contributed by atoms with E-state index in [9.17, 15) is 4.39 Å². The van der Waals surface area contributed by atoms with Gasteiger partial charge >= 0.3 is 0 Å². The molecule has 2 aromatic carbocycles. The van der Waals surface area contributed by atoms with Gasteiger partial charge in [0.05, 0.1) is 0 Å². The van der Waals surface area contributed by atoms with Crippen LogP contribution in [-0.4, -0.2) is 11.8 Å². The number of thioether (sulfide) groups is 1. The number of benzene rings is 2. The molecule has 0 amide bonds. The molecule has 0 aliphatic heterocycles. The minimum Gasteiger partial charge on any atom is -0.327 e. The van der Waals surface area contributed by atoms with Crippen molar-refractivity contribution in [3.05, 3.63) is 63.9 Å². The van der Waals surface area contributed by atoms with Gasteiger partial charge in [0.1, 0.15) is 5.82 Å². The Labute approximate surface area is 132 Å². The molecule has 1 nitrogen and oxygen atoms in total. The number of halogens is 3. The van der Waals surface area contributed by atoms with E-state index in [0.717, 1.165) is 10.5 Å². The van der Waals surface area contributed by atoms with Gasteiger partial charge in [0.15, 0.2) is 0 Å². The summed E-state index contributed by atoms with van der Waals surface area (Å²) < 4.78 is 13.1. The highest BCUT2D eigenvalue weighted by Gasteiger charge is 2.11. The van der Waals surface area contributed by atoms with Gasteiger partial charge in [-0.25, -0.2) is 4.39 Å². The highest BCUT2D eigenvalue weighted by Crippen LogP contribution is 2.26. The molecule has 2 rings (SSSR count). The molecule has 0 fully saturated rings. The Morgan fingerprint density at radius 2 is 1.75 bits per heavy atom. The smallest absolute Gasteiger partial charge is 0.124 e. The first-order valence-electron chi connectivity index (χ1n) is 6.13. The fourth-order valence-corrected chi connectivity index (χ4v) is 3.26. The van der Waals surface area contributed by atoms with Gasteiger partial charge < -0.3 is 5.73 Å². The number of hydrogen-bond acceptors (Lipinski definition) is 2. The van der Waals surface area contributed by atoms with Crippen LogP contribution in [0.4, 0.5) is 4.39 Å². The third kappa shape index (κ3) is 4.38. The normalized spacial score (nSPS) is 12.4. The van der Waals surface area contributed by atoms with Crippen molar-refractivity contribution in [2.24, 2.45) is 5.73 Å². The summed E-state index contributed by atoms with van der Waals surface area (Å²) in [6.45, 7) is 0. The van der Waals surface area contributed by atoms with E-state index in [1.807, 2.05) is 6.07 Å². The molecular formula is C15H14Cl2FNS. The van der Waals surface area contributed by atoms with Crippen LogP contribution in [0.1, 0.15) is 5.56 Å². The average molecular weight is 330 g/mol. The molecule has 20 heavy (non-hydrogen) atoms. The summed E-state index contributed by atoms with van der Waals surface area (Å²) in [5.41, 5.74) is 6.96. The maximum absolute atomic E-state index is 13.1. The van der Waals surface area contributed by atoms with Gasteiger partial charge in [0.25, 0.3) is 0 Å². The molecule has 2 N–H and O–H groups in total. The molecular weight excluding hydrogens is 316 g/mol. The SMILES string of the molecule is NC(CSc1cccc(F)c1)Cc1c(Cl)cccc1Cl. The Hall–Kier alpha value is -0.740. The van der Waals surface area contributed by atoms with E-state index in [0.29, 0.717) is 22.2 Å². The van der Waals surface area contributed by atoms with E-state index in [2.05, 4.69) is 0 Å². The predicted molar refractivity (Wildman–Crippen MR) is 85.3 cm³/mol. The van der Waals surface area contributed by atoms with Gasteiger partial charge in [0.2, 0.25) is 0 Å². The molecule has 5 heteroatoms. The Kier molecular flexibility index (Phi) is 5.73. The van der Waals surface area contributed by atoms with Crippen LogP contribution in [0.15, 0.2) is 47.4 Å². The van der Waals surface area contributed by atoms with Gasteiger partial charge in [-0.3, -0.25) is 0 Å². The lowest BCUT2D eigenvalue weighted by molar-refractivity contribution is 0.624. The first-order valence-corrected chi connectivity index (χ1v) is 7.87. The standard InChI is InChI=1S/C15H14Cl2FNS/c16-14-5-2-6-15(17)13(14)8-11(19)9-20-12-4-1-3-10(18)7-12/h1-7,11H,8-9,19H2. The molecule has 0 aliphatic carbocycles. The van der Waals surface area contributed by atoms with Gasteiger partial charge in [-0.2, -0.15) is 0 Å². The first-order chi connectivity index (χ1) is 9.56. The maximum Gasteiger partial charge on any atom is 0.124 e. The number of rotatable bonds is 5. The molecule has 0 bridgehead atoms. The summed E-state index contributed by atoms with van der Waals surface area (Å²) in [6, 6.07) is 11.8. The van der Waals surface area contributed by atoms with Crippen molar-refractivity contribution >= 4 is 35.0 Å². The van der Waals surface area contributed by atoms with Gasteiger partial charge in [0, 0.05) is 26.7 Å². The predicted octanol–water partition coefficient (Wildman–Crippen LogP) is 4.79. The summed E-state index contributed by atoms with van der Waals surface area (Å²) in [6.07, 6.45) is 0.598. The van der Waals surface area contributed by atoms with E-state index < -0.39 is 0 Å². The van der Waals surface area contributed by atoms with Crippen LogP contribution < -0.4 is 5.73 Å². The minimum absolute atomic E-state index is 0.0966. The Bertz CT molecular complexity index is 572. The van der Waals surface area contributed by atoms with Gasteiger partial charge in [-0.1, -0.05) is 35.3 Å². The van der Waals surface area contributed by atoms with Crippen LogP contribution in [0.25, 0.3) is 0 Å². The van der Waals surface area contributed by atoms with Crippen molar-refractivity contribution in [3.63, 3.8) is 0 Å². The van der Waals surface area contributed by atoms with Crippen LogP contribution in [-0.2, 0) is 6.42 Å². The Morgan fingerprint density at radius 1 is 1.10 bits per heavy atom. The Balaban J connectivity index is 1.94. The molecule has 2 aromatic rings. The lowest BCUT2D eigenvalue weighted by Crippen LogP contribution is -2.25. The van der Waals surface area contributed by atoms with Crippen molar-refractivity contribution in [3.8, 4) is 0 Å². The molecule has 0 spiro atoms. The monoisotopic (exact) mass is 329 g/mol. The molecule has 0 aromatic heterocycles. The second-order valence-corrected chi connectivity index (χ2v) is 6.34. The summed E-state index contributed by atoms with van der Waals surface area (Å²) in [5, 5.41) is 1.26. The van der Waals surface area contributed by atoms with Crippen LogP contribution in [0.5, 0.6) is 0 Å². The van der Waals surface area contributed by atoms with E-state index in [1.165, 1.54) is 23.9 Å². The third-order valence-corrected chi connectivity index (χ3v) is 4.68. The molecule has 0 heterocycles. The lowest BCUT2D eigenvalue weighted by atomic mass is 10.1. The van der Waals surface area contributed by atoms with Crippen LogP contribution in [0.2, 0.25) is 10.0 Å². The maximum atomic E-state index is 13.1. The Morgan fingerprint density at radius 3 is 2.40 bits per heavy atom. The third-order valence-electron chi connectivity index (χ3n) is 2.79. The topological polar surface area (TPSA) is 26.0 Å². The lowest BCUT2D eigenvalue weighted by Gasteiger charge is -2.13. The van der Waals surface area contributed by atoms with Crippen molar-refractivity contribution in [2.75, 3.05) is 5.75 Å². The molecule has 0 aliphatic rings. The summed E-state index contributed by atoms with van der Waals surface area (Å²) in [7, 11) is 0. The number of nitrogens with two attached hydrogens (primary N) is 1. The van der Waals surface area contributed by atoms with E-state index in [1.54, 1.807) is 24.3 Å². The first kappa shape index (κ1) is 15.6. The van der Waals surface area contributed by atoms with Crippen molar-refractivity contribution in [1.29, 1.82) is 0 Å². The van der Waals surface area contributed by atoms with Gasteiger partial charge in [-0.05, 0) is 42.3 Å². The summed E-state index contributed by atoms with van der Waals surface area (Å²) in [4.78, 5) is 0.866. The van der Waals surface area contributed by atoms with Crippen LogP contribution in [0.3, 0.4) is 0 Å². The highest BCUT2D eigenvalue weighted by atomic mass is 35.5. The zero-order valence-electron chi connectivity index (χ0n) is 10.7. The molecule has 1 atom stereocenters. The van der Waals surface area contributed by atoms with Crippen molar-refractivity contribution in [1.82, 2.24) is 0 Å². The average Bonchev–Trinajstić information content (AvgIpc) is 2.41. The molecule has 1 unspecified atom stereocenters. The highest BCUT2D eigenvalue weighted by molar-refractivity contribution is 7.99. The zero-order chi connectivity index (χ0) is 14.5. The fraction of sp³-hybridized carbons (Fsp3) is 0.200. The minimum atomic E-state index is -0.238. The molecule has 106 valence electrons. The van der Waals surface area contributed by atoms with E-state index in [-0.39, 0.29) is 11.9 Å². The second-order valence-electron chi connectivity index (χ2n) is 4.43. The molecule has 0 saturated heterocycles. The van der Waals surface area contributed by atoms with E-state index in [4.69, 9.17) is 28.9 Å². The van der Waals surface area contributed by atoms with Crippen LogP contribution in [0, 0.1) is 5.82 Å². The number of hydrogen-bond donors (Lipinski definition) is 1. The summed E-state index contributed by atoms with van der Waals surface area (Å²) >= 11 is 13.8. The van der Waals surface area contributed by atoms with E-state index >= 15 is 0 Å².